The number of nitrogens with zero attached hydrogens (tertiary/aromatic N) is 1. The van der Waals surface area contributed by atoms with Gasteiger partial charge in [-0.3, -0.25) is 4.79 Å². The van der Waals surface area contributed by atoms with Gasteiger partial charge in [-0.2, -0.15) is 0 Å². The molecular formula is C23H29N3O3. The maximum absolute atomic E-state index is 12.2. The van der Waals surface area contributed by atoms with Gasteiger partial charge in [-0.15, -0.1) is 0 Å². The molecule has 1 heterocycles. The van der Waals surface area contributed by atoms with Crippen LogP contribution in [-0.4, -0.2) is 58.5 Å². The molecule has 0 saturated heterocycles. The molecule has 1 amide bonds. The fraction of sp³-hybridized carbons (Fsp3) is 0.348. The molecule has 29 heavy (non-hydrogen) atoms. The van der Waals surface area contributed by atoms with Gasteiger partial charge in [-0.25, -0.2) is 0 Å². The third kappa shape index (κ3) is 5.37. The summed E-state index contributed by atoms with van der Waals surface area (Å²) >= 11 is 0. The van der Waals surface area contributed by atoms with Gasteiger partial charge in [0.2, 0.25) is 5.91 Å². The zero-order valence-corrected chi connectivity index (χ0v) is 17.3. The number of fused-ring (bicyclic) bond motifs is 1. The molecule has 2 N–H and O–H groups in total. The molecule has 1 atom stereocenters. The largest absolute Gasteiger partial charge is 0.382 e. The molecule has 3 aromatic rings. The zero-order valence-electron chi connectivity index (χ0n) is 17.3. The summed E-state index contributed by atoms with van der Waals surface area (Å²) in [5.41, 5.74) is 4.55. The summed E-state index contributed by atoms with van der Waals surface area (Å²) in [5, 5.41) is 4.19. The van der Waals surface area contributed by atoms with E-state index < -0.39 is 0 Å². The van der Waals surface area contributed by atoms with Crippen molar-refractivity contribution in [2.45, 2.75) is 5.92 Å². The van der Waals surface area contributed by atoms with Crippen molar-refractivity contribution >= 4 is 22.5 Å². The lowest BCUT2D eigenvalue weighted by Crippen LogP contribution is -2.32. The van der Waals surface area contributed by atoms with Crippen LogP contribution in [-0.2, 0) is 14.3 Å². The number of hydrogen-bond acceptors (Lipinski definition) is 4. The number of aromatic nitrogens is 1. The van der Waals surface area contributed by atoms with E-state index in [0.29, 0.717) is 19.8 Å². The average molecular weight is 396 g/mol. The van der Waals surface area contributed by atoms with Crippen molar-refractivity contribution in [2.75, 3.05) is 52.5 Å². The van der Waals surface area contributed by atoms with Crippen LogP contribution in [0.1, 0.15) is 17.0 Å². The Bertz CT molecular complexity index is 919. The van der Waals surface area contributed by atoms with Gasteiger partial charge in [0.1, 0.15) is 6.61 Å². The van der Waals surface area contributed by atoms with E-state index in [1.807, 2.05) is 32.4 Å². The van der Waals surface area contributed by atoms with E-state index in [2.05, 4.69) is 51.6 Å². The number of H-pyrrole nitrogens is 1. The van der Waals surface area contributed by atoms with Crippen molar-refractivity contribution < 1.29 is 14.3 Å². The van der Waals surface area contributed by atoms with Crippen molar-refractivity contribution in [2.24, 2.45) is 0 Å². The lowest BCUT2D eigenvalue weighted by Gasteiger charge is -2.20. The number of methoxy groups -OCH3 is 1. The van der Waals surface area contributed by atoms with E-state index in [1.54, 1.807) is 7.11 Å². The van der Waals surface area contributed by atoms with E-state index in [9.17, 15) is 4.79 Å². The second-order valence-electron chi connectivity index (χ2n) is 7.18. The van der Waals surface area contributed by atoms with Crippen molar-refractivity contribution in [1.82, 2.24) is 10.3 Å². The number of carbonyl (C=O) groups is 1. The topological polar surface area (TPSA) is 66.6 Å². The molecule has 0 aliphatic rings. The van der Waals surface area contributed by atoms with Gasteiger partial charge in [0.25, 0.3) is 0 Å². The number of amides is 1. The Morgan fingerprint density at radius 3 is 2.59 bits per heavy atom. The number of nitrogens with one attached hydrogen (secondary N) is 2. The molecule has 0 bridgehead atoms. The first-order valence-corrected chi connectivity index (χ1v) is 9.77. The van der Waals surface area contributed by atoms with Crippen LogP contribution in [0.25, 0.3) is 10.9 Å². The molecule has 6 heteroatoms. The number of benzene rings is 2. The second-order valence-corrected chi connectivity index (χ2v) is 7.18. The van der Waals surface area contributed by atoms with Crippen LogP contribution < -0.4 is 10.2 Å². The Morgan fingerprint density at radius 1 is 1.10 bits per heavy atom. The van der Waals surface area contributed by atoms with Crippen LogP contribution in [0, 0.1) is 0 Å². The van der Waals surface area contributed by atoms with Crippen LogP contribution in [0.15, 0.2) is 54.7 Å². The van der Waals surface area contributed by atoms with E-state index in [1.165, 1.54) is 10.9 Å². The highest BCUT2D eigenvalue weighted by atomic mass is 16.5. The fourth-order valence-electron chi connectivity index (χ4n) is 3.37. The molecule has 0 saturated carbocycles. The molecule has 3 rings (SSSR count). The molecule has 0 spiro atoms. The van der Waals surface area contributed by atoms with Crippen molar-refractivity contribution in [3.05, 3.63) is 65.9 Å². The average Bonchev–Trinajstić information content (AvgIpc) is 3.16. The predicted molar refractivity (Wildman–Crippen MR) is 117 cm³/mol. The standard InChI is InChI=1S/C23H29N3O3/c1-26(2)18-10-8-17(9-11-18)20(14-25-23(27)16-29-13-12-28-3)21-15-24-22-7-5-4-6-19(21)22/h4-11,15,20,24H,12-14,16H2,1-3H3,(H,25,27). The molecule has 0 aliphatic carbocycles. The van der Waals surface area contributed by atoms with Crippen LogP contribution in [0.4, 0.5) is 5.69 Å². The molecule has 0 radical (unpaired) electrons. The second kappa shape index (κ2) is 10.1. The molecule has 0 fully saturated rings. The highest BCUT2D eigenvalue weighted by Gasteiger charge is 2.19. The van der Waals surface area contributed by atoms with E-state index in [4.69, 9.17) is 9.47 Å². The number of rotatable bonds is 10. The van der Waals surface area contributed by atoms with Crippen LogP contribution >= 0.6 is 0 Å². The normalized spacial score (nSPS) is 12.1. The van der Waals surface area contributed by atoms with Gasteiger partial charge >= 0.3 is 0 Å². The third-order valence-corrected chi connectivity index (χ3v) is 4.98. The first-order valence-electron chi connectivity index (χ1n) is 9.77. The van der Waals surface area contributed by atoms with Gasteiger partial charge in [0.15, 0.2) is 0 Å². The molecule has 1 unspecified atom stereocenters. The minimum atomic E-state index is -0.129. The summed E-state index contributed by atoms with van der Waals surface area (Å²) in [5.74, 6) is -0.0962. The number of carbonyl (C=O) groups excluding carboxylic acids is 1. The van der Waals surface area contributed by atoms with Gasteiger partial charge in [0, 0.05) is 56.5 Å². The Labute approximate surface area is 171 Å². The van der Waals surface area contributed by atoms with Gasteiger partial charge in [-0.1, -0.05) is 30.3 Å². The third-order valence-electron chi connectivity index (χ3n) is 4.98. The van der Waals surface area contributed by atoms with Crippen LogP contribution in [0.3, 0.4) is 0 Å². The Hall–Kier alpha value is -2.83. The molecule has 1 aromatic heterocycles. The molecular weight excluding hydrogens is 366 g/mol. The maximum atomic E-state index is 12.2. The van der Waals surface area contributed by atoms with E-state index in [-0.39, 0.29) is 18.4 Å². The first-order chi connectivity index (χ1) is 14.1. The lowest BCUT2D eigenvalue weighted by atomic mass is 9.90. The van der Waals surface area contributed by atoms with E-state index >= 15 is 0 Å². The smallest absolute Gasteiger partial charge is 0.246 e. The van der Waals surface area contributed by atoms with Crippen molar-refractivity contribution in [3.63, 3.8) is 0 Å². The molecule has 6 nitrogen and oxygen atoms in total. The lowest BCUT2D eigenvalue weighted by molar-refractivity contribution is -0.126. The van der Waals surface area contributed by atoms with Crippen molar-refractivity contribution in [1.29, 1.82) is 0 Å². The SMILES string of the molecule is COCCOCC(=O)NCC(c1ccc(N(C)C)cc1)c1c[nH]c2ccccc12. The Balaban J connectivity index is 1.79. The predicted octanol–water partition coefficient (Wildman–Crippen LogP) is 3.15. The summed E-state index contributed by atoms with van der Waals surface area (Å²) in [6, 6.07) is 16.7. The van der Waals surface area contributed by atoms with Gasteiger partial charge in [0.05, 0.1) is 13.2 Å². The summed E-state index contributed by atoms with van der Waals surface area (Å²) in [4.78, 5) is 17.6. The summed E-state index contributed by atoms with van der Waals surface area (Å²) < 4.78 is 10.3. The maximum Gasteiger partial charge on any atom is 0.246 e. The van der Waals surface area contributed by atoms with Crippen LogP contribution in [0.2, 0.25) is 0 Å². The van der Waals surface area contributed by atoms with Gasteiger partial charge in [-0.05, 0) is 29.3 Å². The molecule has 2 aromatic carbocycles. The summed E-state index contributed by atoms with van der Waals surface area (Å²) in [6.07, 6.45) is 2.04. The highest BCUT2D eigenvalue weighted by molar-refractivity contribution is 5.84. The molecule has 154 valence electrons. The van der Waals surface area contributed by atoms with E-state index in [0.717, 1.165) is 16.8 Å². The number of aromatic amines is 1. The number of anilines is 1. The quantitative estimate of drug-likeness (QED) is 0.518. The fourth-order valence-corrected chi connectivity index (χ4v) is 3.37. The summed E-state index contributed by atoms with van der Waals surface area (Å²) in [7, 11) is 5.66. The minimum Gasteiger partial charge on any atom is -0.382 e. The number of hydrogen-bond donors (Lipinski definition) is 2. The number of para-hydroxylation sites is 1. The summed E-state index contributed by atoms with van der Waals surface area (Å²) in [6.45, 7) is 1.41. The monoisotopic (exact) mass is 395 g/mol. The van der Waals surface area contributed by atoms with Crippen LogP contribution in [0.5, 0.6) is 0 Å². The van der Waals surface area contributed by atoms with Gasteiger partial charge < -0.3 is 24.7 Å². The molecule has 0 aliphatic heterocycles. The first kappa shape index (κ1) is 20.9. The highest BCUT2D eigenvalue weighted by Crippen LogP contribution is 2.31. The van der Waals surface area contributed by atoms with Crippen molar-refractivity contribution in [3.8, 4) is 0 Å². The Morgan fingerprint density at radius 2 is 1.86 bits per heavy atom. The Kier molecular flexibility index (Phi) is 7.27. The minimum absolute atomic E-state index is 0.0313. The number of ether oxygens (including phenoxy) is 2. The zero-order chi connectivity index (χ0) is 20.6.